The maximum absolute atomic E-state index is 13.9. The second kappa shape index (κ2) is 11.5. The van der Waals surface area contributed by atoms with Gasteiger partial charge in [-0.3, -0.25) is 14.0 Å². The molecule has 182 valence electrons. The van der Waals surface area contributed by atoms with Crippen LogP contribution in [-0.2, 0) is 20.9 Å². The highest BCUT2D eigenvalue weighted by Gasteiger charge is 2.49. The van der Waals surface area contributed by atoms with Gasteiger partial charge in [0, 0.05) is 6.54 Å². The SMILES string of the molecule is CC[C@@H](CF)C(=O)N[C@H](C(=O)N1CC[C@H]2CC[C@H](OCc3ccccc3)[C@H]21)C1CCCCC1. The molecule has 0 aromatic heterocycles. The second-order valence-electron chi connectivity index (χ2n) is 10.1. The maximum Gasteiger partial charge on any atom is 0.245 e. The smallest absolute Gasteiger partial charge is 0.245 e. The van der Waals surface area contributed by atoms with Gasteiger partial charge in [-0.2, -0.15) is 0 Å². The molecule has 2 aliphatic carbocycles. The molecule has 6 heteroatoms. The van der Waals surface area contributed by atoms with Crippen LogP contribution in [0, 0.1) is 17.8 Å². The summed E-state index contributed by atoms with van der Waals surface area (Å²) < 4.78 is 19.7. The summed E-state index contributed by atoms with van der Waals surface area (Å²) in [5.41, 5.74) is 1.14. The van der Waals surface area contributed by atoms with E-state index in [1.807, 2.05) is 30.0 Å². The van der Waals surface area contributed by atoms with E-state index in [1.54, 1.807) is 0 Å². The van der Waals surface area contributed by atoms with E-state index in [0.29, 0.717) is 18.9 Å². The summed E-state index contributed by atoms with van der Waals surface area (Å²) in [6.07, 6.45) is 8.74. The van der Waals surface area contributed by atoms with Crippen molar-refractivity contribution in [3.63, 3.8) is 0 Å². The van der Waals surface area contributed by atoms with E-state index in [2.05, 4.69) is 17.4 Å². The van der Waals surface area contributed by atoms with Gasteiger partial charge in [0.2, 0.25) is 11.8 Å². The number of carbonyl (C=O) groups excluding carboxylic acids is 2. The van der Waals surface area contributed by atoms with Crippen LogP contribution in [0.3, 0.4) is 0 Å². The fourth-order valence-electron chi connectivity index (χ4n) is 6.13. The molecule has 1 aromatic carbocycles. The summed E-state index contributed by atoms with van der Waals surface area (Å²) >= 11 is 0. The van der Waals surface area contributed by atoms with Crippen molar-refractivity contribution in [3.05, 3.63) is 35.9 Å². The van der Waals surface area contributed by atoms with Crippen molar-refractivity contribution in [2.45, 2.75) is 89.5 Å². The number of nitrogens with one attached hydrogen (secondary N) is 1. The second-order valence-corrected chi connectivity index (χ2v) is 10.1. The van der Waals surface area contributed by atoms with Gasteiger partial charge in [0.25, 0.3) is 0 Å². The monoisotopic (exact) mass is 458 g/mol. The summed E-state index contributed by atoms with van der Waals surface area (Å²) in [6, 6.07) is 9.68. The number of halogens is 1. The Hall–Kier alpha value is -1.95. The van der Waals surface area contributed by atoms with E-state index in [9.17, 15) is 14.0 Å². The largest absolute Gasteiger partial charge is 0.371 e. The summed E-state index contributed by atoms with van der Waals surface area (Å²) in [7, 11) is 0. The average molecular weight is 459 g/mol. The molecule has 0 spiro atoms. The van der Waals surface area contributed by atoms with Crippen LogP contribution in [0.5, 0.6) is 0 Å². The first kappa shape index (κ1) is 24.2. The van der Waals surface area contributed by atoms with E-state index < -0.39 is 18.6 Å². The number of alkyl halides is 1. The predicted molar refractivity (Wildman–Crippen MR) is 126 cm³/mol. The van der Waals surface area contributed by atoms with Gasteiger partial charge in [-0.1, -0.05) is 56.5 Å². The minimum absolute atomic E-state index is 0.0201. The van der Waals surface area contributed by atoms with Crippen LogP contribution in [0.2, 0.25) is 0 Å². The highest BCUT2D eigenvalue weighted by molar-refractivity contribution is 5.89. The van der Waals surface area contributed by atoms with Crippen LogP contribution in [0.15, 0.2) is 30.3 Å². The van der Waals surface area contributed by atoms with Crippen molar-refractivity contribution in [1.82, 2.24) is 10.2 Å². The predicted octanol–water partition coefficient (Wildman–Crippen LogP) is 4.64. The number of rotatable bonds is 9. The van der Waals surface area contributed by atoms with E-state index in [-0.39, 0.29) is 29.9 Å². The lowest BCUT2D eigenvalue weighted by atomic mass is 9.83. The number of amides is 2. The molecule has 5 atom stereocenters. The van der Waals surface area contributed by atoms with Crippen LogP contribution in [0.1, 0.15) is 70.3 Å². The van der Waals surface area contributed by atoms with Crippen molar-refractivity contribution in [1.29, 1.82) is 0 Å². The maximum atomic E-state index is 13.9. The van der Waals surface area contributed by atoms with Gasteiger partial charge in [-0.05, 0) is 55.9 Å². The Morgan fingerprint density at radius 1 is 1.09 bits per heavy atom. The average Bonchev–Trinajstić information content (AvgIpc) is 3.45. The number of nitrogens with zero attached hydrogens (tertiary/aromatic N) is 1. The van der Waals surface area contributed by atoms with Crippen molar-refractivity contribution < 1.29 is 18.7 Å². The zero-order valence-electron chi connectivity index (χ0n) is 19.9. The van der Waals surface area contributed by atoms with Crippen molar-refractivity contribution >= 4 is 11.8 Å². The van der Waals surface area contributed by atoms with Crippen LogP contribution in [0.4, 0.5) is 4.39 Å². The van der Waals surface area contributed by atoms with Crippen LogP contribution >= 0.6 is 0 Å². The lowest BCUT2D eigenvalue weighted by Crippen LogP contribution is -2.56. The van der Waals surface area contributed by atoms with Gasteiger partial charge >= 0.3 is 0 Å². The minimum Gasteiger partial charge on any atom is -0.371 e. The van der Waals surface area contributed by atoms with Gasteiger partial charge < -0.3 is 15.0 Å². The quantitative estimate of drug-likeness (QED) is 0.586. The number of benzene rings is 1. The molecule has 1 heterocycles. The topological polar surface area (TPSA) is 58.6 Å². The first-order chi connectivity index (χ1) is 16.1. The van der Waals surface area contributed by atoms with Gasteiger partial charge in [0.05, 0.1) is 24.7 Å². The Labute approximate surface area is 197 Å². The first-order valence-electron chi connectivity index (χ1n) is 12.9. The molecule has 5 nitrogen and oxygen atoms in total. The molecule has 3 aliphatic rings. The Bertz CT molecular complexity index is 779. The number of fused-ring (bicyclic) bond motifs is 1. The molecular formula is C27H39FN2O3. The van der Waals surface area contributed by atoms with E-state index in [1.165, 1.54) is 6.42 Å². The molecule has 2 amide bonds. The summed E-state index contributed by atoms with van der Waals surface area (Å²) in [5.74, 6) is -0.374. The highest BCUT2D eigenvalue weighted by atomic mass is 19.1. The Morgan fingerprint density at radius 3 is 2.55 bits per heavy atom. The van der Waals surface area contributed by atoms with Gasteiger partial charge in [0.1, 0.15) is 12.7 Å². The molecule has 1 saturated heterocycles. The molecule has 33 heavy (non-hydrogen) atoms. The Kier molecular flexibility index (Phi) is 8.39. The lowest BCUT2D eigenvalue weighted by molar-refractivity contribution is -0.142. The third-order valence-electron chi connectivity index (χ3n) is 8.11. The third-order valence-corrected chi connectivity index (χ3v) is 8.11. The summed E-state index contributed by atoms with van der Waals surface area (Å²) in [4.78, 5) is 28.7. The number of hydrogen-bond acceptors (Lipinski definition) is 3. The fraction of sp³-hybridized carbons (Fsp3) is 0.704. The number of carbonyl (C=O) groups is 2. The normalized spacial score (nSPS) is 27.2. The van der Waals surface area contributed by atoms with Gasteiger partial charge in [0.15, 0.2) is 0 Å². The standard InChI is InChI=1S/C27H39FN2O3/c1-2-20(17-28)26(31)29-24(21-11-7-4-8-12-21)27(32)30-16-15-22-13-14-23(25(22)30)33-18-19-9-5-3-6-10-19/h3,5-6,9-10,20-25H,2,4,7-8,11-18H2,1H3,(H,29,31)/t20-,22+,23-,24-,25-/m0/s1. The first-order valence-corrected chi connectivity index (χ1v) is 12.9. The molecule has 1 aromatic rings. The van der Waals surface area contributed by atoms with E-state index in [0.717, 1.165) is 57.1 Å². The van der Waals surface area contributed by atoms with Gasteiger partial charge in [-0.15, -0.1) is 0 Å². The van der Waals surface area contributed by atoms with Gasteiger partial charge in [-0.25, -0.2) is 0 Å². The third kappa shape index (κ3) is 5.59. The van der Waals surface area contributed by atoms with Crippen molar-refractivity contribution in [2.75, 3.05) is 13.2 Å². The van der Waals surface area contributed by atoms with Crippen molar-refractivity contribution in [3.8, 4) is 0 Å². The molecule has 1 N–H and O–H groups in total. The number of likely N-dealkylation sites (tertiary alicyclic amines) is 1. The molecule has 0 unspecified atom stereocenters. The van der Waals surface area contributed by atoms with E-state index >= 15 is 0 Å². The molecule has 4 rings (SSSR count). The number of hydrogen-bond donors (Lipinski definition) is 1. The fourth-order valence-corrected chi connectivity index (χ4v) is 6.13. The molecule has 3 fully saturated rings. The zero-order valence-corrected chi connectivity index (χ0v) is 19.9. The summed E-state index contributed by atoms with van der Waals surface area (Å²) in [6.45, 7) is 2.41. The van der Waals surface area contributed by atoms with Crippen LogP contribution in [0.25, 0.3) is 0 Å². The molecule has 1 aliphatic heterocycles. The molecule has 2 saturated carbocycles. The Balaban J connectivity index is 1.47. The number of ether oxygens (including phenoxy) is 1. The molecular weight excluding hydrogens is 419 g/mol. The van der Waals surface area contributed by atoms with Crippen LogP contribution < -0.4 is 5.32 Å². The molecule has 0 radical (unpaired) electrons. The zero-order chi connectivity index (χ0) is 23.2. The van der Waals surface area contributed by atoms with Crippen molar-refractivity contribution in [2.24, 2.45) is 17.8 Å². The Morgan fingerprint density at radius 2 is 1.85 bits per heavy atom. The lowest BCUT2D eigenvalue weighted by Gasteiger charge is -2.37. The molecule has 0 bridgehead atoms. The summed E-state index contributed by atoms with van der Waals surface area (Å²) in [5, 5.41) is 3.01. The van der Waals surface area contributed by atoms with Crippen LogP contribution in [-0.4, -0.2) is 48.1 Å². The highest BCUT2D eigenvalue weighted by Crippen LogP contribution is 2.41. The van der Waals surface area contributed by atoms with E-state index in [4.69, 9.17) is 4.74 Å². The minimum atomic E-state index is -0.683.